The number of aliphatic hydroxyl groups is 1. The van der Waals surface area contributed by atoms with Gasteiger partial charge in [-0.2, -0.15) is 0 Å². The van der Waals surface area contributed by atoms with E-state index in [0.717, 1.165) is 12.8 Å². The fourth-order valence-corrected chi connectivity index (χ4v) is 2.59. The van der Waals surface area contributed by atoms with Gasteiger partial charge in [-0.15, -0.1) is 0 Å². The van der Waals surface area contributed by atoms with Crippen LogP contribution < -0.4 is 5.32 Å². The topological polar surface area (TPSA) is 49.3 Å². The summed E-state index contributed by atoms with van der Waals surface area (Å²) in [6.07, 6.45) is 3.75. The molecule has 1 unspecified atom stereocenters. The maximum absolute atomic E-state index is 11.9. The van der Waals surface area contributed by atoms with Gasteiger partial charge in [-0.1, -0.05) is 50.1 Å². The van der Waals surface area contributed by atoms with Crippen LogP contribution in [0.2, 0.25) is 0 Å². The van der Waals surface area contributed by atoms with Gasteiger partial charge in [0.25, 0.3) is 5.91 Å². The average molecular weight is 247 g/mol. The van der Waals surface area contributed by atoms with Crippen LogP contribution in [-0.2, 0) is 4.79 Å². The third-order valence-electron chi connectivity index (χ3n) is 3.86. The Bertz CT molecular complexity index is 396. The van der Waals surface area contributed by atoms with Gasteiger partial charge < -0.3 is 10.4 Å². The number of nitrogens with one attached hydrogen (secondary N) is 1. The number of carbonyl (C=O) groups excluding carboxylic acids is 1. The summed E-state index contributed by atoms with van der Waals surface area (Å²) < 4.78 is 0. The number of rotatable bonds is 4. The van der Waals surface area contributed by atoms with Crippen LogP contribution in [0.5, 0.6) is 0 Å². The predicted molar refractivity (Wildman–Crippen MR) is 71.0 cm³/mol. The molecule has 1 aromatic rings. The lowest BCUT2D eigenvalue weighted by molar-refractivity contribution is -0.130. The summed E-state index contributed by atoms with van der Waals surface area (Å²) in [6.45, 7) is 2.87. The van der Waals surface area contributed by atoms with E-state index in [4.69, 9.17) is 0 Å². The molecule has 0 bridgehead atoms. The number of benzene rings is 1. The van der Waals surface area contributed by atoms with Crippen molar-refractivity contribution in [2.75, 3.05) is 6.54 Å². The van der Waals surface area contributed by atoms with Gasteiger partial charge in [0, 0.05) is 6.54 Å². The molecule has 0 aromatic heterocycles. The molecule has 0 saturated heterocycles. The number of carbonyl (C=O) groups is 1. The van der Waals surface area contributed by atoms with E-state index in [-0.39, 0.29) is 11.3 Å². The molecule has 1 saturated carbocycles. The summed E-state index contributed by atoms with van der Waals surface area (Å²) in [5.74, 6) is -0.297. The van der Waals surface area contributed by atoms with Crippen molar-refractivity contribution in [2.45, 2.75) is 38.7 Å². The number of hydrogen-bond acceptors (Lipinski definition) is 2. The van der Waals surface area contributed by atoms with Gasteiger partial charge in [0.2, 0.25) is 0 Å². The molecule has 2 N–H and O–H groups in total. The van der Waals surface area contributed by atoms with Crippen molar-refractivity contribution in [3.8, 4) is 0 Å². The molecule has 1 aromatic carbocycles. The third kappa shape index (κ3) is 3.10. The molecule has 3 nitrogen and oxygen atoms in total. The molecule has 1 aliphatic carbocycles. The molecule has 3 heteroatoms. The Kier molecular flexibility index (Phi) is 4.02. The van der Waals surface area contributed by atoms with Crippen molar-refractivity contribution in [1.29, 1.82) is 0 Å². The summed E-state index contributed by atoms with van der Waals surface area (Å²) in [5, 5.41) is 12.8. The second kappa shape index (κ2) is 5.53. The Balaban J connectivity index is 1.88. The van der Waals surface area contributed by atoms with E-state index < -0.39 is 6.10 Å². The Hall–Kier alpha value is -1.35. The van der Waals surface area contributed by atoms with Gasteiger partial charge in [0.15, 0.2) is 6.10 Å². The van der Waals surface area contributed by atoms with Gasteiger partial charge in [0.05, 0.1) is 0 Å². The Labute approximate surface area is 108 Å². The number of amides is 1. The summed E-state index contributed by atoms with van der Waals surface area (Å²) in [6, 6.07) is 9.05. The van der Waals surface area contributed by atoms with Gasteiger partial charge in [-0.3, -0.25) is 4.79 Å². The molecular formula is C15H21NO2. The van der Waals surface area contributed by atoms with Crippen molar-refractivity contribution in [3.05, 3.63) is 35.9 Å². The highest BCUT2D eigenvalue weighted by Gasteiger charge is 2.29. The molecule has 1 amide bonds. The van der Waals surface area contributed by atoms with Crippen molar-refractivity contribution in [2.24, 2.45) is 5.41 Å². The molecule has 0 spiro atoms. The van der Waals surface area contributed by atoms with E-state index >= 15 is 0 Å². The third-order valence-corrected chi connectivity index (χ3v) is 3.86. The first-order chi connectivity index (χ1) is 8.61. The Morgan fingerprint density at radius 3 is 2.56 bits per heavy atom. The largest absolute Gasteiger partial charge is 0.378 e. The number of aliphatic hydroxyl groups excluding tert-OH is 1. The number of hydrogen-bond donors (Lipinski definition) is 2. The van der Waals surface area contributed by atoms with Gasteiger partial charge in [0.1, 0.15) is 0 Å². The predicted octanol–water partition coefficient (Wildman–Crippen LogP) is 2.42. The average Bonchev–Trinajstić information content (AvgIpc) is 2.83. The lowest BCUT2D eigenvalue weighted by atomic mass is 9.89. The highest BCUT2D eigenvalue weighted by molar-refractivity contribution is 5.81. The first kappa shape index (κ1) is 13.1. The lowest BCUT2D eigenvalue weighted by Gasteiger charge is -2.24. The molecule has 98 valence electrons. The molecular weight excluding hydrogens is 226 g/mol. The normalized spacial score (nSPS) is 19.4. The SMILES string of the molecule is CC1(CNC(=O)C(O)c2ccccc2)CCCC1. The zero-order valence-electron chi connectivity index (χ0n) is 10.9. The van der Waals surface area contributed by atoms with E-state index in [1.54, 1.807) is 12.1 Å². The summed E-state index contributed by atoms with van der Waals surface area (Å²) in [7, 11) is 0. The van der Waals surface area contributed by atoms with Crippen molar-refractivity contribution in [1.82, 2.24) is 5.32 Å². The smallest absolute Gasteiger partial charge is 0.253 e. The van der Waals surface area contributed by atoms with Crippen molar-refractivity contribution < 1.29 is 9.90 Å². The zero-order valence-corrected chi connectivity index (χ0v) is 10.9. The van der Waals surface area contributed by atoms with E-state index in [9.17, 15) is 9.90 Å². The van der Waals surface area contributed by atoms with E-state index in [1.165, 1.54) is 12.8 Å². The minimum absolute atomic E-state index is 0.214. The quantitative estimate of drug-likeness (QED) is 0.858. The molecule has 18 heavy (non-hydrogen) atoms. The van der Waals surface area contributed by atoms with Gasteiger partial charge in [-0.25, -0.2) is 0 Å². The maximum Gasteiger partial charge on any atom is 0.253 e. The Morgan fingerprint density at radius 1 is 1.33 bits per heavy atom. The first-order valence-corrected chi connectivity index (χ1v) is 6.61. The summed E-state index contributed by atoms with van der Waals surface area (Å²) in [4.78, 5) is 11.9. The molecule has 0 radical (unpaired) electrons. The lowest BCUT2D eigenvalue weighted by Crippen LogP contribution is -2.37. The summed E-state index contributed by atoms with van der Waals surface area (Å²) >= 11 is 0. The second-order valence-electron chi connectivity index (χ2n) is 5.55. The minimum Gasteiger partial charge on any atom is -0.378 e. The molecule has 0 aliphatic heterocycles. The van der Waals surface area contributed by atoms with Crippen LogP contribution >= 0.6 is 0 Å². The Morgan fingerprint density at radius 2 is 1.94 bits per heavy atom. The van der Waals surface area contributed by atoms with Crippen LogP contribution in [0.1, 0.15) is 44.3 Å². The molecule has 2 rings (SSSR count). The van der Waals surface area contributed by atoms with E-state index in [0.29, 0.717) is 12.1 Å². The standard InChI is InChI=1S/C15H21NO2/c1-15(9-5-6-10-15)11-16-14(18)13(17)12-7-3-2-4-8-12/h2-4,7-8,13,17H,5-6,9-11H2,1H3,(H,16,18). The summed E-state index contributed by atoms with van der Waals surface area (Å²) in [5.41, 5.74) is 0.859. The first-order valence-electron chi connectivity index (χ1n) is 6.61. The van der Waals surface area contributed by atoms with Crippen molar-refractivity contribution >= 4 is 5.91 Å². The van der Waals surface area contributed by atoms with E-state index in [1.807, 2.05) is 18.2 Å². The van der Waals surface area contributed by atoms with Crippen LogP contribution in [0.25, 0.3) is 0 Å². The molecule has 0 heterocycles. The van der Waals surface area contributed by atoms with Crippen molar-refractivity contribution in [3.63, 3.8) is 0 Å². The molecule has 1 aliphatic rings. The molecule has 1 fully saturated rings. The van der Waals surface area contributed by atoms with Crippen LogP contribution in [0.3, 0.4) is 0 Å². The maximum atomic E-state index is 11.9. The van der Waals surface area contributed by atoms with E-state index in [2.05, 4.69) is 12.2 Å². The molecule has 1 atom stereocenters. The zero-order chi connectivity index (χ0) is 13.0. The van der Waals surface area contributed by atoms with Crippen LogP contribution in [0, 0.1) is 5.41 Å². The van der Waals surface area contributed by atoms with Gasteiger partial charge >= 0.3 is 0 Å². The van der Waals surface area contributed by atoms with Crippen LogP contribution in [-0.4, -0.2) is 17.6 Å². The highest BCUT2D eigenvalue weighted by Crippen LogP contribution is 2.36. The highest BCUT2D eigenvalue weighted by atomic mass is 16.3. The van der Waals surface area contributed by atoms with Crippen LogP contribution in [0.4, 0.5) is 0 Å². The second-order valence-corrected chi connectivity index (χ2v) is 5.55. The van der Waals surface area contributed by atoms with Gasteiger partial charge in [-0.05, 0) is 23.8 Å². The monoisotopic (exact) mass is 247 g/mol. The fraction of sp³-hybridized carbons (Fsp3) is 0.533. The van der Waals surface area contributed by atoms with Crippen LogP contribution in [0.15, 0.2) is 30.3 Å². The minimum atomic E-state index is -1.06. The fourth-order valence-electron chi connectivity index (χ4n) is 2.59.